The van der Waals surface area contributed by atoms with Crippen molar-refractivity contribution in [2.75, 3.05) is 6.54 Å². The first-order valence-electron chi connectivity index (χ1n) is 12.7. The summed E-state index contributed by atoms with van der Waals surface area (Å²) in [5.41, 5.74) is 1.07. The van der Waals surface area contributed by atoms with Gasteiger partial charge >= 0.3 is 12.1 Å². The summed E-state index contributed by atoms with van der Waals surface area (Å²) < 4.78 is 51.6. The van der Waals surface area contributed by atoms with Crippen molar-refractivity contribution < 1.29 is 37.0 Å². The number of aryl methyl sites for hydroxylation is 1. The molecule has 1 heterocycles. The van der Waals surface area contributed by atoms with Gasteiger partial charge in [0.15, 0.2) is 6.10 Å². The second-order valence-corrected chi connectivity index (χ2v) is 9.59. The molecule has 6 nitrogen and oxygen atoms in total. The smallest absolute Gasteiger partial charge is 0.416 e. The van der Waals surface area contributed by atoms with Crippen LogP contribution in [0.1, 0.15) is 71.9 Å². The van der Waals surface area contributed by atoms with E-state index in [1.807, 2.05) is 13.0 Å². The van der Waals surface area contributed by atoms with E-state index in [-0.39, 0.29) is 24.8 Å². The van der Waals surface area contributed by atoms with Gasteiger partial charge in [-0.1, -0.05) is 31.4 Å². The minimum Gasteiger partial charge on any atom is -0.482 e. The second kappa shape index (κ2) is 11.8. The lowest BCUT2D eigenvalue weighted by molar-refractivity contribution is -0.138. The first-order valence-corrected chi connectivity index (χ1v) is 12.7. The highest BCUT2D eigenvalue weighted by Crippen LogP contribution is 2.41. The summed E-state index contributed by atoms with van der Waals surface area (Å²) in [4.78, 5) is 22.9. The zero-order valence-electron chi connectivity index (χ0n) is 21.0. The number of hydrogen-bond acceptors (Lipinski definition) is 4. The summed E-state index contributed by atoms with van der Waals surface area (Å²) in [6.07, 6.45) is 0.271. The molecule has 1 saturated carbocycles. The Morgan fingerprint density at radius 1 is 1.05 bits per heavy atom. The minimum absolute atomic E-state index is 0.0369. The van der Waals surface area contributed by atoms with Gasteiger partial charge in [0.2, 0.25) is 0 Å². The van der Waals surface area contributed by atoms with Gasteiger partial charge in [-0.25, -0.2) is 0 Å². The van der Waals surface area contributed by atoms with E-state index in [0.717, 1.165) is 49.8 Å². The number of carboxylic acid groups (broad SMARTS) is 1. The van der Waals surface area contributed by atoms with E-state index < -0.39 is 23.8 Å². The number of halogens is 3. The molecule has 3 aromatic rings. The summed E-state index contributed by atoms with van der Waals surface area (Å²) in [6.45, 7) is 1.94. The maximum absolute atomic E-state index is 13.0. The summed E-state index contributed by atoms with van der Waals surface area (Å²) in [5.74, 6) is 0.510. The van der Waals surface area contributed by atoms with Crippen molar-refractivity contribution in [1.29, 1.82) is 0 Å². The third kappa shape index (κ3) is 6.76. The Morgan fingerprint density at radius 3 is 2.32 bits per heavy atom. The second-order valence-electron chi connectivity index (χ2n) is 9.59. The van der Waals surface area contributed by atoms with Gasteiger partial charge in [0.05, 0.1) is 12.0 Å². The fourth-order valence-electron chi connectivity index (χ4n) is 4.76. The zero-order chi connectivity index (χ0) is 27.3. The zero-order valence-corrected chi connectivity index (χ0v) is 21.0. The molecule has 1 amide bonds. The standard InChI is InChI=1S/C29H30F3NO5/c1-18-17-24(19-7-11-22(12-8-19)29(30,31)32)38-26(18)27(20-5-3-2-4-6-20)37-23-13-9-21(10-14-23)28(36)33-16-15-25(34)35/h7-14,17,20,27H,2-6,15-16H2,1H3,(H,33,36)(H,34,35). The lowest BCUT2D eigenvalue weighted by Crippen LogP contribution is -2.26. The Hall–Kier alpha value is -3.75. The van der Waals surface area contributed by atoms with Crippen LogP contribution in [0, 0.1) is 12.8 Å². The maximum Gasteiger partial charge on any atom is 0.416 e. The summed E-state index contributed by atoms with van der Waals surface area (Å²) in [7, 11) is 0. The highest BCUT2D eigenvalue weighted by atomic mass is 19.4. The van der Waals surface area contributed by atoms with Crippen molar-refractivity contribution in [3.63, 3.8) is 0 Å². The molecule has 4 rings (SSSR count). The fourth-order valence-corrected chi connectivity index (χ4v) is 4.76. The van der Waals surface area contributed by atoms with Crippen LogP contribution in [0.3, 0.4) is 0 Å². The Morgan fingerprint density at radius 2 is 1.71 bits per heavy atom. The van der Waals surface area contributed by atoms with Crippen LogP contribution in [0.2, 0.25) is 0 Å². The van der Waals surface area contributed by atoms with Gasteiger partial charge < -0.3 is 19.6 Å². The number of amides is 1. The molecule has 202 valence electrons. The van der Waals surface area contributed by atoms with Gasteiger partial charge in [0.1, 0.15) is 17.3 Å². The maximum atomic E-state index is 13.0. The van der Waals surface area contributed by atoms with Crippen LogP contribution in [-0.4, -0.2) is 23.5 Å². The number of nitrogens with one attached hydrogen (secondary N) is 1. The minimum atomic E-state index is -4.41. The van der Waals surface area contributed by atoms with Crippen LogP contribution in [0.15, 0.2) is 59.0 Å². The van der Waals surface area contributed by atoms with Crippen molar-refractivity contribution in [3.05, 3.63) is 77.0 Å². The number of carbonyl (C=O) groups is 2. The van der Waals surface area contributed by atoms with E-state index >= 15 is 0 Å². The van der Waals surface area contributed by atoms with Gasteiger partial charge in [0.25, 0.3) is 5.91 Å². The number of ether oxygens (including phenoxy) is 1. The van der Waals surface area contributed by atoms with Gasteiger partial charge in [-0.3, -0.25) is 9.59 Å². The van der Waals surface area contributed by atoms with E-state index in [0.29, 0.717) is 28.4 Å². The lowest BCUT2D eigenvalue weighted by Gasteiger charge is -2.30. The van der Waals surface area contributed by atoms with Crippen LogP contribution in [0.4, 0.5) is 13.2 Å². The van der Waals surface area contributed by atoms with E-state index in [1.54, 1.807) is 24.3 Å². The van der Waals surface area contributed by atoms with Crippen LogP contribution in [0.25, 0.3) is 11.3 Å². The topological polar surface area (TPSA) is 88.8 Å². The number of rotatable bonds is 9. The molecule has 1 aliphatic carbocycles. The van der Waals surface area contributed by atoms with Gasteiger partial charge in [0, 0.05) is 23.6 Å². The van der Waals surface area contributed by atoms with Crippen LogP contribution in [-0.2, 0) is 11.0 Å². The molecule has 1 aromatic heterocycles. The first-order chi connectivity index (χ1) is 18.1. The van der Waals surface area contributed by atoms with Crippen LogP contribution < -0.4 is 10.1 Å². The molecule has 1 atom stereocenters. The third-order valence-corrected chi connectivity index (χ3v) is 6.79. The molecule has 9 heteroatoms. The Kier molecular flexibility index (Phi) is 8.44. The average molecular weight is 530 g/mol. The monoisotopic (exact) mass is 529 g/mol. The normalized spacial score (nSPS) is 15.2. The fraction of sp³-hybridized carbons (Fsp3) is 0.379. The third-order valence-electron chi connectivity index (χ3n) is 6.79. The molecule has 0 bridgehead atoms. The Labute approximate surface area is 218 Å². The molecular formula is C29H30F3NO5. The molecule has 1 fully saturated rings. The van der Waals surface area contributed by atoms with E-state index in [2.05, 4.69) is 5.32 Å². The molecule has 2 aromatic carbocycles. The molecule has 1 aliphatic rings. The number of aliphatic carboxylic acids is 1. The SMILES string of the molecule is Cc1cc(-c2ccc(C(F)(F)F)cc2)oc1C(Oc1ccc(C(=O)NCCC(=O)O)cc1)C1CCCCC1. The first kappa shape index (κ1) is 27.3. The molecule has 0 saturated heterocycles. The van der Waals surface area contributed by atoms with Gasteiger partial charge in [-0.05, 0) is 67.8 Å². The van der Waals surface area contributed by atoms with E-state index in [4.69, 9.17) is 14.3 Å². The van der Waals surface area contributed by atoms with Crippen LogP contribution >= 0.6 is 0 Å². The lowest BCUT2D eigenvalue weighted by atomic mass is 9.83. The average Bonchev–Trinajstić information content (AvgIpc) is 3.28. The largest absolute Gasteiger partial charge is 0.482 e. The number of carboxylic acids is 1. The van der Waals surface area contributed by atoms with Crippen molar-refractivity contribution in [2.45, 2.75) is 57.7 Å². The molecule has 0 radical (unpaired) electrons. The number of carbonyl (C=O) groups excluding carboxylic acids is 1. The van der Waals surface area contributed by atoms with E-state index in [1.165, 1.54) is 12.1 Å². The number of hydrogen-bond donors (Lipinski definition) is 2. The summed E-state index contributed by atoms with van der Waals surface area (Å²) in [5, 5.41) is 11.3. The summed E-state index contributed by atoms with van der Waals surface area (Å²) >= 11 is 0. The molecule has 2 N–H and O–H groups in total. The molecule has 0 spiro atoms. The van der Waals surface area contributed by atoms with Crippen molar-refractivity contribution >= 4 is 11.9 Å². The Bertz CT molecular complexity index is 1240. The van der Waals surface area contributed by atoms with Crippen molar-refractivity contribution in [3.8, 4) is 17.1 Å². The predicted molar refractivity (Wildman–Crippen MR) is 135 cm³/mol. The van der Waals surface area contributed by atoms with Gasteiger partial charge in [-0.15, -0.1) is 0 Å². The highest BCUT2D eigenvalue weighted by Gasteiger charge is 2.32. The molecule has 38 heavy (non-hydrogen) atoms. The van der Waals surface area contributed by atoms with Gasteiger partial charge in [-0.2, -0.15) is 13.2 Å². The predicted octanol–water partition coefficient (Wildman–Crippen LogP) is 7.18. The number of alkyl halides is 3. The van der Waals surface area contributed by atoms with Crippen LogP contribution in [0.5, 0.6) is 5.75 Å². The quantitative estimate of drug-likeness (QED) is 0.307. The molecular weight excluding hydrogens is 499 g/mol. The molecule has 0 aliphatic heterocycles. The molecule has 1 unspecified atom stereocenters. The highest BCUT2D eigenvalue weighted by molar-refractivity contribution is 5.94. The van der Waals surface area contributed by atoms with Crippen molar-refractivity contribution in [2.24, 2.45) is 5.92 Å². The summed E-state index contributed by atoms with van der Waals surface area (Å²) in [6, 6.07) is 13.3. The van der Waals surface area contributed by atoms with Crippen molar-refractivity contribution in [1.82, 2.24) is 5.32 Å². The number of furan rings is 1. The Balaban J connectivity index is 1.54. The van der Waals surface area contributed by atoms with E-state index in [9.17, 15) is 22.8 Å². The number of benzene rings is 2.